The molecular weight excluding hydrogens is 463 g/mol. The van der Waals surface area contributed by atoms with E-state index in [1.165, 1.54) is 56.5 Å². The largest absolute Gasteiger partial charge is 0.493 e. The summed E-state index contributed by atoms with van der Waals surface area (Å²) in [5, 5.41) is 11.5. The highest BCUT2D eigenvalue weighted by Gasteiger charge is 2.37. The van der Waals surface area contributed by atoms with E-state index >= 15 is 0 Å². The van der Waals surface area contributed by atoms with Gasteiger partial charge in [-0.3, -0.25) is 14.9 Å². The van der Waals surface area contributed by atoms with Crippen molar-refractivity contribution in [2.75, 3.05) is 12.0 Å². The highest BCUT2D eigenvalue weighted by Crippen LogP contribution is 2.33. The maximum absolute atomic E-state index is 13.0. The van der Waals surface area contributed by atoms with Crippen LogP contribution in [-0.4, -0.2) is 42.1 Å². The van der Waals surface area contributed by atoms with E-state index in [0.717, 1.165) is 4.90 Å². The topological polar surface area (TPSA) is 122 Å². The number of carbonyl (C=O) groups excluding carboxylic acids is 3. The number of halogens is 2. The number of nitrogens with zero attached hydrogens (tertiary/aromatic N) is 1. The molecule has 0 spiro atoms. The van der Waals surface area contributed by atoms with Gasteiger partial charge in [0.1, 0.15) is 5.57 Å². The zero-order valence-corrected chi connectivity index (χ0v) is 18.2. The maximum Gasteiger partial charge on any atom is 0.344 e. The highest BCUT2D eigenvalue weighted by molar-refractivity contribution is 6.42. The molecule has 1 heterocycles. The van der Waals surface area contributed by atoms with Gasteiger partial charge in [-0.15, -0.1) is 0 Å². The number of nitrogens with one attached hydrogen (secondary N) is 1. The number of rotatable bonds is 6. The molecular formula is C21H16Cl2N2O7. The summed E-state index contributed by atoms with van der Waals surface area (Å²) in [6.07, 6.45) is 0.135. The SMILES string of the molecule is COc1cc(/C=C2/C(=O)NC(=O)N(c3ccc(Cl)cc3Cl)C2=O)ccc1O[C@H](C)C(=O)O. The van der Waals surface area contributed by atoms with Crippen molar-refractivity contribution in [1.82, 2.24) is 5.32 Å². The second kappa shape index (κ2) is 9.29. The molecule has 0 bridgehead atoms. The molecule has 0 aromatic heterocycles. The lowest BCUT2D eigenvalue weighted by molar-refractivity contribution is -0.144. The molecule has 1 aliphatic rings. The molecule has 166 valence electrons. The summed E-state index contributed by atoms with van der Waals surface area (Å²) in [6.45, 7) is 1.36. The van der Waals surface area contributed by atoms with Crippen molar-refractivity contribution in [3.05, 3.63) is 57.6 Å². The van der Waals surface area contributed by atoms with E-state index in [1.54, 1.807) is 0 Å². The van der Waals surface area contributed by atoms with Crippen molar-refractivity contribution in [3.8, 4) is 11.5 Å². The molecule has 2 N–H and O–H groups in total. The molecule has 1 saturated heterocycles. The first-order valence-corrected chi connectivity index (χ1v) is 9.82. The number of hydrogen-bond donors (Lipinski definition) is 2. The summed E-state index contributed by atoms with van der Waals surface area (Å²) < 4.78 is 10.5. The lowest BCUT2D eigenvalue weighted by Gasteiger charge is -2.27. The van der Waals surface area contributed by atoms with Crippen LogP contribution < -0.4 is 19.7 Å². The average molecular weight is 479 g/mol. The second-order valence-corrected chi connectivity index (χ2v) is 7.41. The molecule has 2 aromatic rings. The van der Waals surface area contributed by atoms with Gasteiger partial charge in [0.25, 0.3) is 11.8 Å². The van der Waals surface area contributed by atoms with Crippen LogP contribution in [0.1, 0.15) is 12.5 Å². The fraction of sp³-hybridized carbons (Fsp3) is 0.143. The minimum absolute atomic E-state index is 0.0467. The highest BCUT2D eigenvalue weighted by atomic mass is 35.5. The third kappa shape index (κ3) is 4.68. The molecule has 11 heteroatoms. The molecule has 0 saturated carbocycles. The van der Waals surface area contributed by atoms with Crippen molar-refractivity contribution >= 4 is 58.8 Å². The van der Waals surface area contributed by atoms with Gasteiger partial charge in [0.05, 0.1) is 17.8 Å². The van der Waals surface area contributed by atoms with Crippen molar-refractivity contribution in [3.63, 3.8) is 0 Å². The van der Waals surface area contributed by atoms with E-state index in [9.17, 15) is 19.2 Å². The number of amides is 4. The Balaban J connectivity index is 1.97. The van der Waals surface area contributed by atoms with Crippen molar-refractivity contribution in [1.29, 1.82) is 0 Å². The van der Waals surface area contributed by atoms with Crippen LogP contribution in [0.3, 0.4) is 0 Å². The lowest BCUT2D eigenvalue weighted by Crippen LogP contribution is -2.54. The van der Waals surface area contributed by atoms with Gasteiger partial charge in [0.2, 0.25) is 0 Å². The first-order valence-electron chi connectivity index (χ1n) is 9.06. The van der Waals surface area contributed by atoms with Crippen LogP contribution in [0.15, 0.2) is 42.0 Å². The summed E-state index contributed by atoms with van der Waals surface area (Å²) >= 11 is 12.0. The number of methoxy groups -OCH3 is 1. The summed E-state index contributed by atoms with van der Waals surface area (Å²) in [5.74, 6) is -2.59. The Morgan fingerprint density at radius 3 is 2.47 bits per heavy atom. The summed E-state index contributed by atoms with van der Waals surface area (Å²) in [5.41, 5.74) is 0.0957. The number of ether oxygens (including phenoxy) is 2. The maximum atomic E-state index is 13.0. The van der Waals surface area contributed by atoms with E-state index in [1.807, 2.05) is 0 Å². The third-order valence-corrected chi connectivity index (χ3v) is 4.94. The zero-order valence-electron chi connectivity index (χ0n) is 16.7. The third-order valence-electron chi connectivity index (χ3n) is 4.40. The zero-order chi connectivity index (χ0) is 23.6. The van der Waals surface area contributed by atoms with Gasteiger partial charge in [0, 0.05) is 5.02 Å². The number of anilines is 1. The second-order valence-electron chi connectivity index (χ2n) is 6.56. The minimum atomic E-state index is -1.16. The summed E-state index contributed by atoms with van der Waals surface area (Å²) in [4.78, 5) is 49.4. The quantitative estimate of drug-likeness (QED) is 0.480. The Labute approximate surface area is 192 Å². The van der Waals surface area contributed by atoms with Crippen LogP contribution in [0.25, 0.3) is 6.08 Å². The van der Waals surface area contributed by atoms with Gasteiger partial charge in [-0.25, -0.2) is 14.5 Å². The number of benzene rings is 2. The predicted molar refractivity (Wildman–Crippen MR) is 116 cm³/mol. The number of imide groups is 2. The monoisotopic (exact) mass is 478 g/mol. The molecule has 0 aliphatic carbocycles. The van der Waals surface area contributed by atoms with Crippen LogP contribution in [0.2, 0.25) is 10.0 Å². The Bertz CT molecular complexity index is 1160. The van der Waals surface area contributed by atoms with Gasteiger partial charge < -0.3 is 14.6 Å². The van der Waals surface area contributed by atoms with Crippen LogP contribution >= 0.6 is 23.2 Å². The molecule has 9 nitrogen and oxygen atoms in total. The van der Waals surface area contributed by atoms with Gasteiger partial charge >= 0.3 is 12.0 Å². The minimum Gasteiger partial charge on any atom is -0.493 e. The van der Waals surface area contributed by atoms with Crippen LogP contribution in [0.4, 0.5) is 10.5 Å². The molecule has 3 rings (SSSR count). The molecule has 1 fully saturated rings. The number of barbiturate groups is 1. The van der Waals surface area contributed by atoms with Crippen LogP contribution in [-0.2, 0) is 14.4 Å². The molecule has 1 aliphatic heterocycles. The van der Waals surface area contributed by atoms with E-state index in [0.29, 0.717) is 10.6 Å². The van der Waals surface area contributed by atoms with E-state index in [2.05, 4.69) is 5.32 Å². The molecule has 4 amide bonds. The summed E-state index contributed by atoms with van der Waals surface area (Å²) in [6, 6.07) is 7.63. The van der Waals surface area contributed by atoms with E-state index in [4.69, 9.17) is 37.8 Å². The van der Waals surface area contributed by atoms with Crippen LogP contribution in [0.5, 0.6) is 11.5 Å². The predicted octanol–water partition coefficient (Wildman–Crippen LogP) is 3.52. The van der Waals surface area contributed by atoms with Gasteiger partial charge in [0.15, 0.2) is 17.6 Å². The first-order chi connectivity index (χ1) is 15.1. The Hall–Kier alpha value is -3.56. The first kappa shape index (κ1) is 23.1. The molecule has 2 aromatic carbocycles. The van der Waals surface area contributed by atoms with Crippen molar-refractivity contribution in [2.45, 2.75) is 13.0 Å². The van der Waals surface area contributed by atoms with E-state index in [-0.39, 0.29) is 27.8 Å². The summed E-state index contributed by atoms with van der Waals surface area (Å²) in [7, 11) is 1.35. The van der Waals surface area contributed by atoms with Crippen molar-refractivity contribution < 1.29 is 33.8 Å². The van der Waals surface area contributed by atoms with Gasteiger partial charge in [-0.2, -0.15) is 0 Å². The van der Waals surface area contributed by atoms with Crippen LogP contribution in [0, 0.1) is 0 Å². The fourth-order valence-electron chi connectivity index (χ4n) is 2.82. The van der Waals surface area contributed by atoms with Crippen molar-refractivity contribution in [2.24, 2.45) is 0 Å². The van der Waals surface area contributed by atoms with E-state index < -0.39 is 29.9 Å². The van der Waals surface area contributed by atoms with Gasteiger partial charge in [-0.1, -0.05) is 29.3 Å². The number of urea groups is 1. The number of carboxylic acid groups (broad SMARTS) is 1. The lowest BCUT2D eigenvalue weighted by atomic mass is 10.1. The average Bonchev–Trinajstić information content (AvgIpc) is 2.73. The molecule has 32 heavy (non-hydrogen) atoms. The normalized spacial score (nSPS) is 16.1. The Kier molecular flexibility index (Phi) is 6.71. The number of carboxylic acids is 1. The Morgan fingerprint density at radius 1 is 1.12 bits per heavy atom. The van der Waals surface area contributed by atoms with Gasteiger partial charge in [-0.05, 0) is 48.9 Å². The molecule has 1 atom stereocenters. The number of hydrogen-bond acceptors (Lipinski definition) is 6. The standard InChI is InChI=1S/C21H16Cl2N2O7/c1-10(20(28)29)32-16-6-3-11(8-17(16)31-2)7-13-18(26)24-21(30)25(19(13)27)15-5-4-12(22)9-14(15)23/h3-10H,1-2H3,(H,28,29)(H,24,26,30)/b13-7-/t10-/m1/s1. The smallest absolute Gasteiger partial charge is 0.344 e. The molecule has 0 unspecified atom stereocenters. The number of carbonyl (C=O) groups is 4. The fourth-order valence-corrected chi connectivity index (χ4v) is 3.31. The Morgan fingerprint density at radius 2 is 1.84 bits per heavy atom. The molecule has 0 radical (unpaired) electrons. The number of aliphatic carboxylic acids is 1.